The summed E-state index contributed by atoms with van der Waals surface area (Å²) in [6, 6.07) is 20.5. The quantitative estimate of drug-likeness (QED) is 0.455. The van der Waals surface area contributed by atoms with E-state index in [0.717, 1.165) is 12.8 Å². The first-order valence-corrected chi connectivity index (χ1v) is 12.5. The SMILES string of the molecule is [Cl][Pt+2][Cl].[NH-]CC(C[NH-])(Cc1ccccc1)Cc1ccccc1. The van der Waals surface area contributed by atoms with Crippen LogP contribution in [-0.2, 0) is 29.3 Å². The Morgan fingerprint density at radius 3 is 1.32 bits per heavy atom. The molecule has 0 heterocycles. The zero-order valence-corrected chi connectivity index (χ0v) is 16.0. The largest absolute Gasteiger partial charge is 0.677 e. The molecule has 0 fully saturated rings. The molecule has 0 aromatic heterocycles. The molecule has 0 aliphatic carbocycles. The van der Waals surface area contributed by atoms with Crippen molar-refractivity contribution in [3.8, 4) is 0 Å². The molecule has 0 spiro atoms. The fraction of sp³-hybridized carbons (Fsp3) is 0.294. The van der Waals surface area contributed by atoms with Gasteiger partial charge in [-0.1, -0.05) is 66.1 Å². The molecule has 2 aromatic rings. The van der Waals surface area contributed by atoms with E-state index in [0.29, 0.717) is 13.1 Å². The van der Waals surface area contributed by atoms with Crippen molar-refractivity contribution in [1.29, 1.82) is 0 Å². The predicted molar refractivity (Wildman–Crippen MR) is 92.8 cm³/mol. The molecule has 2 rings (SSSR count). The van der Waals surface area contributed by atoms with Gasteiger partial charge in [0.1, 0.15) is 0 Å². The van der Waals surface area contributed by atoms with Gasteiger partial charge >= 0.3 is 35.3 Å². The topological polar surface area (TPSA) is 47.6 Å². The Bertz CT molecular complexity index is 461. The molecule has 122 valence electrons. The van der Waals surface area contributed by atoms with Crippen LogP contribution in [0.5, 0.6) is 0 Å². The molecule has 0 radical (unpaired) electrons. The summed E-state index contributed by atoms with van der Waals surface area (Å²) < 4.78 is 0. The summed E-state index contributed by atoms with van der Waals surface area (Å²) in [6.07, 6.45) is 1.60. The van der Waals surface area contributed by atoms with Crippen LogP contribution >= 0.6 is 18.8 Å². The summed E-state index contributed by atoms with van der Waals surface area (Å²) >= 11 is -0.472. The van der Waals surface area contributed by atoms with E-state index in [1.807, 2.05) is 36.4 Å². The van der Waals surface area contributed by atoms with Gasteiger partial charge in [-0.25, -0.2) is 0 Å². The molecular formula is C17H20Cl2N2Pt. The monoisotopic (exact) mass is 517 g/mol. The molecule has 2 N–H and O–H groups in total. The van der Waals surface area contributed by atoms with Gasteiger partial charge in [-0.05, 0) is 24.0 Å². The van der Waals surface area contributed by atoms with Gasteiger partial charge in [0.25, 0.3) is 0 Å². The maximum Gasteiger partial charge on any atom is -0.0252 e. The van der Waals surface area contributed by atoms with E-state index < -0.39 is 16.5 Å². The van der Waals surface area contributed by atoms with Crippen LogP contribution in [0.15, 0.2) is 60.7 Å². The van der Waals surface area contributed by atoms with Crippen LogP contribution in [0.3, 0.4) is 0 Å². The average Bonchev–Trinajstić information content (AvgIpc) is 2.57. The van der Waals surface area contributed by atoms with Gasteiger partial charge in [-0.15, -0.1) is 13.1 Å². The summed E-state index contributed by atoms with van der Waals surface area (Å²) in [6.45, 7) is 0.584. The summed E-state index contributed by atoms with van der Waals surface area (Å²) in [4.78, 5) is 0. The van der Waals surface area contributed by atoms with Gasteiger partial charge in [-0.3, -0.25) is 0 Å². The number of nitrogens with one attached hydrogen (secondary N) is 2. The van der Waals surface area contributed by atoms with E-state index in [-0.39, 0.29) is 5.41 Å². The summed E-state index contributed by atoms with van der Waals surface area (Å²) in [7, 11) is 9.75. The number of halogens is 2. The van der Waals surface area contributed by atoms with Gasteiger partial charge in [0.05, 0.1) is 0 Å². The second-order valence-corrected chi connectivity index (χ2v) is 8.51. The molecule has 2 nitrogen and oxygen atoms in total. The van der Waals surface area contributed by atoms with E-state index in [1.165, 1.54) is 11.1 Å². The van der Waals surface area contributed by atoms with Gasteiger partial charge < -0.3 is 11.5 Å². The van der Waals surface area contributed by atoms with E-state index in [4.69, 9.17) is 30.3 Å². The Balaban J connectivity index is 0.000000745. The molecular weight excluding hydrogens is 498 g/mol. The van der Waals surface area contributed by atoms with Crippen molar-refractivity contribution < 1.29 is 16.5 Å². The fourth-order valence-electron chi connectivity index (χ4n) is 2.43. The Labute approximate surface area is 149 Å². The smallest absolute Gasteiger partial charge is 0.0252 e. The van der Waals surface area contributed by atoms with Crippen molar-refractivity contribution in [2.24, 2.45) is 5.41 Å². The molecule has 0 amide bonds. The van der Waals surface area contributed by atoms with Crippen molar-refractivity contribution in [2.45, 2.75) is 12.8 Å². The van der Waals surface area contributed by atoms with Crippen molar-refractivity contribution >= 4 is 18.8 Å². The Morgan fingerprint density at radius 1 is 0.727 bits per heavy atom. The molecule has 0 atom stereocenters. The first-order chi connectivity index (χ1) is 10.7. The third-order valence-corrected chi connectivity index (χ3v) is 3.59. The Morgan fingerprint density at radius 2 is 1.05 bits per heavy atom. The average molecular weight is 518 g/mol. The van der Waals surface area contributed by atoms with Crippen LogP contribution in [0.1, 0.15) is 11.1 Å². The molecule has 0 unspecified atom stereocenters. The van der Waals surface area contributed by atoms with Crippen LogP contribution in [-0.4, -0.2) is 13.1 Å². The number of hydrogen-bond acceptors (Lipinski definition) is 0. The third-order valence-electron chi connectivity index (χ3n) is 3.59. The van der Waals surface area contributed by atoms with Crippen LogP contribution in [0.25, 0.3) is 11.5 Å². The van der Waals surface area contributed by atoms with E-state index in [1.54, 1.807) is 0 Å². The second-order valence-electron chi connectivity index (χ2n) is 5.22. The van der Waals surface area contributed by atoms with E-state index in [2.05, 4.69) is 24.3 Å². The number of rotatable bonds is 6. The molecule has 0 saturated heterocycles. The zero-order valence-electron chi connectivity index (χ0n) is 12.2. The molecule has 0 aliphatic rings. The Kier molecular flexibility index (Phi) is 10.0. The van der Waals surface area contributed by atoms with Crippen molar-refractivity contribution in [2.75, 3.05) is 13.1 Å². The zero-order chi connectivity index (χ0) is 16.3. The molecule has 5 heteroatoms. The first-order valence-electron chi connectivity index (χ1n) is 6.89. The van der Waals surface area contributed by atoms with Gasteiger partial charge in [0.2, 0.25) is 0 Å². The summed E-state index contributed by atoms with van der Waals surface area (Å²) in [5, 5.41) is 0. The minimum atomic E-state index is -0.472. The molecule has 0 aliphatic heterocycles. The van der Waals surface area contributed by atoms with Gasteiger partial charge in [-0.2, -0.15) is 0 Å². The van der Waals surface area contributed by atoms with E-state index in [9.17, 15) is 0 Å². The van der Waals surface area contributed by atoms with Gasteiger partial charge in [0.15, 0.2) is 0 Å². The van der Waals surface area contributed by atoms with Gasteiger partial charge in [0, 0.05) is 0 Å². The molecule has 0 saturated carbocycles. The maximum absolute atomic E-state index is 7.89. The fourth-order valence-corrected chi connectivity index (χ4v) is 2.43. The minimum absolute atomic E-state index is 0.275. The summed E-state index contributed by atoms with van der Waals surface area (Å²) in [5.41, 5.74) is 17.9. The van der Waals surface area contributed by atoms with Crippen molar-refractivity contribution in [3.05, 3.63) is 83.3 Å². The second kappa shape index (κ2) is 11.2. The van der Waals surface area contributed by atoms with Crippen LogP contribution in [0, 0.1) is 5.41 Å². The first kappa shape index (κ1) is 19.7. The molecule has 22 heavy (non-hydrogen) atoms. The van der Waals surface area contributed by atoms with Crippen LogP contribution in [0.4, 0.5) is 0 Å². The molecule has 2 aromatic carbocycles. The van der Waals surface area contributed by atoms with Crippen LogP contribution in [0.2, 0.25) is 0 Å². The predicted octanol–water partition coefficient (Wildman–Crippen LogP) is 5.94. The normalized spacial score (nSPS) is 10.9. The Hall–Kier alpha value is -0.372. The van der Waals surface area contributed by atoms with Crippen molar-refractivity contribution in [3.63, 3.8) is 0 Å². The minimum Gasteiger partial charge on any atom is -0.677 e. The summed E-state index contributed by atoms with van der Waals surface area (Å²) in [5.74, 6) is 0. The number of benzene rings is 2. The van der Waals surface area contributed by atoms with E-state index >= 15 is 0 Å². The van der Waals surface area contributed by atoms with Crippen molar-refractivity contribution in [1.82, 2.24) is 0 Å². The standard InChI is InChI=1S/C17H20N2.2ClH.Pt/c18-13-17(14-19,11-15-7-3-1-4-8-15)12-16-9-5-2-6-10-16;;;/h1-10,18-19H,11-14H2;2*1H;/q-2;;;+4/p-2. The molecule has 0 bridgehead atoms. The third kappa shape index (κ3) is 6.81. The maximum atomic E-state index is 7.89. The van der Waals surface area contributed by atoms with Crippen LogP contribution < -0.4 is 0 Å². The number of hydrogen-bond donors (Lipinski definition) is 0.